The lowest BCUT2D eigenvalue weighted by Gasteiger charge is -2.30. The van der Waals surface area contributed by atoms with E-state index in [1.807, 2.05) is 0 Å². The summed E-state index contributed by atoms with van der Waals surface area (Å²) in [6.45, 7) is -0.0987. The number of benzene rings is 1. The highest BCUT2D eigenvalue weighted by atomic mass is 19.4. The maximum absolute atomic E-state index is 12.9. The third kappa shape index (κ3) is 4.71. The number of ether oxygens (including phenoxy) is 1. The van der Waals surface area contributed by atoms with E-state index in [9.17, 15) is 27.6 Å². The van der Waals surface area contributed by atoms with Crippen molar-refractivity contribution in [3.8, 4) is 0 Å². The van der Waals surface area contributed by atoms with Crippen molar-refractivity contribution >= 4 is 17.8 Å². The summed E-state index contributed by atoms with van der Waals surface area (Å²) in [6, 6.07) is 4.21. The molecular weight excluding hydrogens is 341 g/mol. The van der Waals surface area contributed by atoms with Crippen molar-refractivity contribution in [3.05, 3.63) is 35.4 Å². The summed E-state index contributed by atoms with van der Waals surface area (Å²) >= 11 is 0. The average molecular weight is 358 g/mol. The molecule has 136 valence electrons. The first-order chi connectivity index (χ1) is 11.7. The molecule has 1 heterocycles. The number of piperidine rings is 1. The van der Waals surface area contributed by atoms with Crippen LogP contribution in [0.1, 0.15) is 28.8 Å². The minimum absolute atomic E-state index is 0.281. The zero-order valence-electron chi connectivity index (χ0n) is 13.2. The van der Waals surface area contributed by atoms with E-state index in [1.165, 1.54) is 11.0 Å². The number of hydrogen-bond acceptors (Lipinski definition) is 4. The number of carbonyl (C=O) groups excluding carboxylic acids is 3. The normalized spacial score (nSPS) is 15.7. The van der Waals surface area contributed by atoms with E-state index in [-0.39, 0.29) is 19.0 Å². The molecule has 1 saturated heterocycles. The second-order valence-corrected chi connectivity index (χ2v) is 5.68. The molecule has 0 spiro atoms. The van der Waals surface area contributed by atoms with Gasteiger partial charge in [0, 0.05) is 19.0 Å². The lowest BCUT2D eigenvalue weighted by Crippen LogP contribution is -2.43. The molecule has 0 bridgehead atoms. The Bertz CT molecular complexity index is 668. The van der Waals surface area contributed by atoms with Crippen molar-refractivity contribution in [1.82, 2.24) is 4.90 Å². The molecule has 0 radical (unpaired) electrons. The van der Waals surface area contributed by atoms with Crippen LogP contribution in [0.4, 0.5) is 13.2 Å². The number of esters is 1. The molecule has 9 heteroatoms. The first-order valence-electron chi connectivity index (χ1n) is 7.60. The SMILES string of the molecule is NC(=O)C1CCN(C(=O)COC(=O)c2ccccc2C(F)(F)F)CC1. The molecule has 1 fully saturated rings. The van der Waals surface area contributed by atoms with E-state index in [0.29, 0.717) is 12.8 Å². The van der Waals surface area contributed by atoms with Gasteiger partial charge in [-0.2, -0.15) is 13.2 Å². The third-order valence-electron chi connectivity index (χ3n) is 4.03. The van der Waals surface area contributed by atoms with Crippen LogP contribution >= 0.6 is 0 Å². The Morgan fingerprint density at radius 2 is 1.76 bits per heavy atom. The molecule has 0 aliphatic carbocycles. The lowest BCUT2D eigenvalue weighted by atomic mass is 9.96. The van der Waals surface area contributed by atoms with Crippen molar-refractivity contribution in [1.29, 1.82) is 0 Å². The number of amides is 2. The van der Waals surface area contributed by atoms with Crippen LogP contribution in [0.3, 0.4) is 0 Å². The summed E-state index contributed by atoms with van der Waals surface area (Å²) < 4.78 is 43.4. The van der Waals surface area contributed by atoms with E-state index in [2.05, 4.69) is 0 Å². The number of halogens is 3. The maximum atomic E-state index is 12.9. The second kappa shape index (κ2) is 7.54. The van der Waals surface area contributed by atoms with Gasteiger partial charge in [0.15, 0.2) is 6.61 Å². The second-order valence-electron chi connectivity index (χ2n) is 5.68. The number of nitrogens with two attached hydrogens (primary N) is 1. The molecule has 0 unspecified atom stereocenters. The standard InChI is InChI=1S/C16H17F3N2O4/c17-16(18,19)12-4-2-1-3-11(12)15(24)25-9-13(22)21-7-5-10(6-8-21)14(20)23/h1-4,10H,5-9H2,(H2,20,23). The van der Waals surface area contributed by atoms with Gasteiger partial charge in [-0.3, -0.25) is 9.59 Å². The van der Waals surface area contributed by atoms with Crippen LogP contribution in [0.15, 0.2) is 24.3 Å². The molecule has 0 saturated carbocycles. The molecule has 1 aromatic carbocycles. The number of likely N-dealkylation sites (tertiary alicyclic amines) is 1. The van der Waals surface area contributed by atoms with Gasteiger partial charge in [-0.25, -0.2) is 4.79 Å². The van der Waals surface area contributed by atoms with E-state index in [1.54, 1.807) is 0 Å². The Hall–Kier alpha value is -2.58. The van der Waals surface area contributed by atoms with Crippen molar-refractivity contribution < 1.29 is 32.3 Å². The summed E-state index contributed by atoms with van der Waals surface area (Å²) in [7, 11) is 0. The monoisotopic (exact) mass is 358 g/mol. The third-order valence-corrected chi connectivity index (χ3v) is 4.03. The highest BCUT2D eigenvalue weighted by Crippen LogP contribution is 2.32. The van der Waals surface area contributed by atoms with Gasteiger partial charge in [-0.05, 0) is 25.0 Å². The van der Waals surface area contributed by atoms with Gasteiger partial charge < -0.3 is 15.4 Å². The van der Waals surface area contributed by atoms with Crippen molar-refractivity contribution in [2.45, 2.75) is 19.0 Å². The Labute approximate surface area is 141 Å². The zero-order chi connectivity index (χ0) is 18.6. The Morgan fingerprint density at radius 1 is 1.16 bits per heavy atom. The Balaban J connectivity index is 1.93. The molecule has 0 aromatic heterocycles. The van der Waals surface area contributed by atoms with Crippen LogP contribution in [-0.4, -0.2) is 42.4 Å². The molecule has 1 aliphatic rings. The zero-order valence-corrected chi connectivity index (χ0v) is 13.2. The van der Waals surface area contributed by atoms with Crippen LogP contribution in [0.5, 0.6) is 0 Å². The minimum atomic E-state index is -4.70. The van der Waals surface area contributed by atoms with Crippen LogP contribution in [0.25, 0.3) is 0 Å². The lowest BCUT2D eigenvalue weighted by molar-refractivity contribution is -0.138. The summed E-state index contributed by atoms with van der Waals surface area (Å²) in [6.07, 6.45) is -3.88. The van der Waals surface area contributed by atoms with Crippen LogP contribution in [0.2, 0.25) is 0 Å². The van der Waals surface area contributed by atoms with Crippen molar-refractivity contribution in [3.63, 3.8) is 0 Å². The van der Waals surface area contributed by atoms with Gasteiger partial charge in [-0.15, -0.1) is 0 Å². The highest BCUT2D eigenvalue weighted by molar-refractivity contribution is 5.93. The molecular formula is C16H17F3N2O4. The number of primary amides is 1. The van der Waals surface area contributed by atoms with Gasteiger partial charge in [0.25, 0.3) is 5.91 Å². The fourth-order valence-corrected chi connectivity index (χ4v) is 2.62. The topological polar surface area (TPSA) is 89.7 Å². The van der Waals surface area contributed by atoms with Crippen LogP contribution in [-0.2, 0) is 20.5 Å². The minimum Gasteiger partial charge on any atom is -0.452 e. The molecule has 2 rings (SSSR count). The molecule has 1 aliphatic heterocycles. The predicted octanol–water partition coefficient (Wildman–Crippen LogP) is 1.59. The van der Waals surface area contributed by atoms with Crippen LogP contribution in [0, 0.1) is 5.92 Å². The van der Waals surface area contributed by atoms with E-state index < -0.39 is 41.7 Å². The number of rotatable bonds is 4. The summed E-state index contributed by atoms with van der Waals surface area (Å²) in [5.74, 6) is -2.47. The van der Waals surface area contributed by atoms with Gasteiger partial charge in [-0.1, -0.05) is 12.1 Å². The van der Waals surface area contributed by atoms with E-state index in [4.69, 9.17) is 10.5 Å². The number of alkyl halides is 3. The number of hydrogen-bond donors (Lipinski definition) is 1. The Morgan fingerprint density at radius 3 is 2.32 bits per heavy atom. The van der Waals surface area contributed by atoms with Gasteiger partial charge in [0.1, 0.15) is 0 Å². The predicted molar refractivity (Wildman–Crippen MR) is 80.2 cm³/mol. The fourth-order valence-electron chi connectivity index (χ4n) is 2.62. The van der Waals surface area contributed by atoms with Crippen LogP contribution < -0.4 is 5.73 Å². The molecule has 0 atom stereocenters. The first-order valence-corrected chi connectivity index (χ1v) is 7.60. The Kier molecular flexibility index (Phi) is 5.66. The molecule has 25 heavy (non-hydrogen) atoms. The van der Waals surface area contributed by atoms with Crippen molar-refractivity contribution in [2.24, 2.45) is 11.7 Å². The van der Waals surface area contributed by atoms with Gasteiger partial charge in [0.05, 0.1) is 11.1 Å². The van der Waals surface area contributed by atoms with Gasteiger partial charge >= 0.3 is 12.1 Å². The smallest absolute Gasteiger partial charge is 0.417 e. The number of carbonyl (C=O) groups is 3. The average Bonchev–Trinajstić information content (AvgIpc) is 2.58. The first kappa shape index (κ1) is 18.8. The summed E-state index contributed by atoms with van der Waals surface area (Å²) in [5.41, 5.74) is 3.44. The highest BCUT2D eigenvalue weighted by Gasteiger charge is 2.35. The van der Waals surface area contributed by atoms with E-state index in [0.717, 1.165) is 18.2 Å². The molecule has 6 nitrogen and oxygen atoms in total. The summed E-state index contributed by atoms with van der Waals surface area (Å²) in [5, 5.41) is 0. The number of nitrogens with zero attached hydrogens (tertiary/aromatic N) is 1. The maximum Gasteiger partial charge on any atom is 0.417 e. The molecule has 1 aromatic rings. The van der Waals surface area contributed by atoms with E-state index >= 15 is 0 Å². The van der Waals surface area contributed by atoms with Gasteiger partial charge in [0.2, 0.25) is 5.91 Å². The fraction of sp³-hybridized carbons (Fsp3) is 0.438. The molecule has 2 amide bonds. The molecule has 2 N–H and O–H groups in total. The quantitative estimate of drug-likeness (QED) is 0.828. The largest absolute Gasteiger partial charge is 0.452 e. The van der Waals surface area contributed by atoms with Crippen molar-refractivity contribution in [2.75, 3.05) is 19.7 Å². The summed E-state index contributed by atoms with van der Waals surface area (Å²) in [4.78, 5) is 36.4.